The number of hydrogen-bond acceptors (Lipinski definition) is 8. The van der Waals surface area contributed by atoms with Crippen molar-refractivity contribution < 1.29 is 24.3 Å². The first kappa shape index (κ1) is 35.2. The Morgan fingerprint density at radius 2 is 1.35 bits per heavy atom. The van der Waals surface area contributed by atoms with Gasteiger partial charge in [0.25, 0.3) is 11.8 Å². The third kappa shape index (κ3) is 6.77. The number of carbonyl (C=O) groups is 4. The van der Waals surface area contributed by atoms with Crippen LogP contribution < -0.4 is 15.1 Å². The number of piperidine rings is 2. The number of aryl methyl sites for hydroxylation is 1. The van der Waals surface area contributed by atoms with Gasteiger partial charge in [0, 0.05) is 69.5 Å². The lowest BCUT2D eigenvalue weighted by molar-refractivity contribution is -0.136. The van der Waals surface area contributed by atoms with E-state index in [0.717, 1.165) is 82.1 Å². The van der Waals surface area contributed by atoms with E-state index in [1.165, 1.54) is 27.9 Å². The van der Waals surface area contributed by atoms with E-state index in [2.05, 4.69) is 80.7 Å². The Labute approximate surface area is 321 Å². The van der Waals surface area contributed by atoms with Crippen molar-refractivity contribution in [1.82, 2.24) is 15.1 Å². The Hall–Kier alpha value is -5.48. The van der Waals surface area contributed by atoms with E-state index in [-0.39, 0.29) is 24.7 Å². The highest BCUT2D eigenvalue weighted by Crippen LogP contribution is 2.47. The molecule has 3 atom stereocenters. The number of rotatable bonds is 7. The number of nitrogens with zero attached hydrogens (tertiary/aromatic N) is 4. The number of fused-ring (bicyclic) bond motifs is 2. The largest absolute Gasteiger partial charge is 0.508 e. The van der Waals surface area contributed by atoms with Crippen LogP contribution in [0.25, 0.3) is 0 Å². The lowest BCUT2D eigenvalue weighted by Gasteiger charge is -2.40. The molecule has 0 aromatic heterocycles. The molecule has 1 aliphatic carbocycles. The topological polar surface area (TPSA) is 114 Å². The van der Waals surface area contributed by atoms with Crippen LogP contribution in [0.4, 0.5) is 11.4 Å². The van der Waals surface area contributed by atoms with Crippen molar-refractivity contribution in [2.45, 2.75) is 56.4 Å². The summed E-state index contributed by atoms with van der Waals surface area (Å²) in [4.78, 5) is 59.0. The normalized spacial score (nSPS) is 23.5. The molecular formula is C45H47N5O5. The Morgan fingerprint density at radius 1 is 0.636 bits per heavy atom. The van der Waals surface area contributed by atoms with E-state index in [4.69, 9.17) is 0 Å². The van der Waals surface area contributed by atoms with Gasteiger partial charge in [-0.25, -0.2) is 0 Å². The third-order valence-corrected chi connectivity index (χ3v) is 12.7. The SMILES string of the molecule is O=C1CCC(N2C(=O)c3ccc(N4CCN(CC5CCN(c6ccc([C@@H]7c8ccc(O)cc8CC[C@@H]7c7ccccc7)cc6)CC5)CC4)cc3C2=O)C(=O)N1. The zero-order valence-electron chi connectivity index (χ0n) is 31.0. The maximum absolute atomic E-state index is 13.3. The number of hydrogen-bond donors (Lipinski definition) is 2. The molecule has 3 fully saturated rings. The van der Waals surface area contributed by atoms with Crippen molar-refractivity contribution in [3.63, 3.8) is 0 Å². The van der Waals surface area contributed by atoms with Crippen LogP contribution in [-0.4, -0.2) is 90.4 Å². The van der Waals surface area contributed by atoms with E-state index < -0.39 is 23.8 Å². The maximum atomic E-state index is 13.3. The summed E-state index contributed by atoms with van der Waals surface area (Å²) in [6.07, 6.45) is 4.59. The number of amides is 4. The van der Waals surface area contributed by atoms with E-state index in [0.29, 0.717) is 28.7 Å². The number of imide groups is 2. The molecule has 10 nitrogen and oxygen atoms in total. The number of phenols is 1. The minimum Gasteiger partial charge on any atom is -0.508 e. The third-order valence-electron chi connectivity index (χ3n) is 12.7. The van der Waals surface area contributed by atoms with Gasteiger partial charge in [-0.15, -0.1) is 0 Å². The number of piperazine rings is 1. The number of nitrogens with one attached hydrogen (secondary N) is 1. The van der Waals surface area contributed by atoms with Crippen LogP contribution in [0.15, 0.2) is 91.0 Å². The molecule has 2 N–H and O–H groups in total. The molecule has 0 bridgehead atoms. The number of aromatic hydroxyl groups is 1. The Kier molecular flexibility index (Phi) is 9.38. The highest BCUT2D eigenvalue weighted by atomic mass is 16.3. The van der Waals surface area contributed by atoms with Gasteiger partial charge in [0.05, 0.1) is 11.1 Å². The first-order valence-electron chi connectivity index (χ1n) is 19.9. The molecule has 4 amide bonds. The van der Waals surface area contributed by atoms with Gasteiger partial charge in [-0.2, -0.15) is 0 Å². The molecule has 4 aliphatic heterocycles. The molecule has 10 heteroatoms. The maximum Gasteiger partial charge on any atom is 0.262 e. The minimum atomic E-state index is -0.958. The second-order valence-electron chi connectivity index (χ2n) is 15.9. The average molecular weight is 738 g/mol. The van der Waals surface area contributed by atoms with Crippen molar-refractivity contribution in [2.24, 2.45) is 5.92 Å². The van der Waals surface area contributed by atoms with Gasteiger partial charge in [0.2, 0.25) is 11.8 Å². The fourth-order valence-corrected chi connectivity index (χ4v) is 9.75. The van der Waals surface area contributed by atoms with Crippen LogP contribution in [0.2, 0.25) is 0 Å². The van der Waals surface area contributed by atoms with Gasteiger partial charge in [0.15, 0.2) is 0 Å². The highest BCUT2D eigenvalue weighted by molar-refractivity contribution is 6.23. The molecule has 4 aromatic carbocycles. The average Bonchev–Trinajstić information content (AvgIpc) is 3.46. The van der Waals surface area contributed by atoms with E-state index in [9.17, 15) is 24.3 Å². The number of phenolic OH excluding ortho intramolecular Hbond substituents is 1. The van der Waals surface area contributed by atoms with Gasteiger partial charge >= 0.3 is 0 Å². The molecule has 4 aromatic rings. The first-order valence-corrected chi connectivity index (χ1v) is 19.9. The molecule has 55 heavy (non-hydrogen) atoms. The Bertz CT molecular complexity index is 2120. The van der Waals surface area contributed by atoms with Crippen LogP contribution in [0, 0.1) is 5.92 Å². The summed E-state index contributed by atoms with van der Waals surface area (Å²) in [6, 6.07) is 30.5. The highest BCUT2D eigenvalue weighted by Gasteiger charge is 2.45. The summed E-state index contributed by atoms with van der Waals surface area (Å²) in [5.74, 6) is -0.290. The van der Waals surface area contributed by atoms with Gasteiger partial charge in [-0.3, -0.25) is 34.3 Å². The fourth-order valence-electron chi connectivity index (χ4n) is 9.75. The van der Waals surface area contributed by atoms with E-state index >= 15 is 0 Å². The predicted octanol–water partition coefficient (Wildman–Crippen LogP) is 5.69. The fraction of sp³-hybridized carbons (Fsp3) is 0.378. The molecule has 4 heterocycles. The standard InChI is InChI=1S/C45H47N5O5/c51-35-12-15-37-32(26-35)8-13-36(30-4-2-1-3-5-30)42(37)31-6-9-33(10-7-31)48-20-18-29(19-21-48)28-47-22-24-49(25-23-47)34-11-14-38-39(27-34)45(55)50(44(38)54)40-16-17-41(52)46-43(40)53/h1-7,9-12,14-15,26-27,29,36,40,42,51H,8,13,16-25,28H2,(H,46,52,53)/t36-,40?,42+/m1/s1. The summed E-state index contributed by atoms with van der Waals surface area (Å²) in [7, 11) is 0. The number of benzene rings is 4. The van der Waals surface area contributed by atoms with Gasteiger partial charge < -0.3 is 14.9 Å². The smallest absolute Gasteiger partial charge is 0.262 e. The summed E-state index contributed by atoms with van der Waals surface area (Å²) in [6.45, 7) is 6.70. The molecule has 282 valence electrons. The quantitative estimate of drug-likeness (QED) is 0.233. The minimum absolute atomic E-state index is 0.104. The van der Waals surface area contributed by atoms with Crippen molar-refractivity contribution in [3.8, 4) is 5.75 Å². The van der Waals surface area contributed by atoms with Crippen LogP contribution in [0.1, 0.15) is 86.9 Å². The monoisotopic (exact) mass is 737 g/mol. The summed E-state index contributed by atoms with van der Waals surface area (Å²) in [5, 5.41) is 12.5. The van der Waals surface area contributed by atoms with Crippen LogP contribution in [0.3, 0.4) is 0 Å². The van der Waals surface area contributed by atoms with Crippen molar-refractivity contribution in [3.05, 3.63) is 124 Å². The first-order chi connectivity index (χ1) is 26.8. The molecule has 9 rings (SSSR count). The van der Waals surface area contributed by atoms with Gasteiger partial charge in [0.1, 0.15) is 11.8 Å². The summed E-state index contributed by atoms with van der Waals surface area (Å²) in [5.41, 5.74) is 8.10. The van der Waals surface area contributed by atoms with Crippen LogP contribution in [-0.2, 0) is 16.0 Å². The molecule has 1 unspecified atom stereocenters. The van der Waals surface area contributed by atoms with Gasteiger partial charge in [-0.05, 0) is 109 Å². The number of anilines is 2. The van der Waals surface area contributed by atoms with Crippen molar-refractivity contribution in [1.29, 1.82) is 0 Å². The van der Waals surface area contributed by atoms with Crippen LogP contribution >= 0.6 is 0 Å². The molecular weight excluding hydrogens is 691 g/mol. The molecule has 0 saturated carbocycles. The Morgan fingerprint density at radius 3 is 2.09 bits per heavy atom. The van der Waals surface area contributed by atoms with E-state index in [1.54, 1.807) is 12.1 Å². The van der Waals surface area contributed by atoms with Gasteiger partial charge in [-0.1, -0.05) is 48.5 Å². The lowest BCUT2D eigenvalue weighted by atomic mass is 9.69. The molecule has 3 saturated heterocycles. The molecule has 0 spiro atoms. The zero-order valence-corrected chi connectivity index (χ0v) is 31.0. The molecule has 0 radical (unpaired) electrons. The second-order valence-corrected chi connectivity index (χ2v) is 15.9. The second kappa shape index (κ2) is 14.6. The number of carbonyl (C=O) groups excluding carboxylic acids is 4. The van der Waals surface area contributed by atoms with E-state index in [1.807, 2.05) is 18.2 Å². The Balaban J connectivity index is 0.788. The van der Waals surface area contributed by atoms with Crippen molar-refractivity contribution in [2.75, 3.05) is 55.6 Å². The predicted molar refractivity (Wildman–Crippen MR) is 211 cm³/mol. The summed E-state index contributed by atoms with van der Waals surface area (Å²) >= 11 is 0. The molecule has 5 aliphatic rings. The van der Waals surface area contributed by atoms with Crippen LogP contribution in [0.5, 0.6) is 5.75 Å². The summed E-state index contributed by atoms with van der Waals surface area (Å²) < 4.78 is 0. The van der Waals surface area contributed by atoms with Crippen molar-refractivity contribution >= 4 is 35.0 Å². The lowest BCUT2D eigenvalue weighted by Crippen LogP contribution is -2.54. The zero-order chi connectivity index (χ0) is 37.6.